The number of pyridine rings is 1. The summed E-state index contributed by atoms with van der Waals surface area (Å²) in [5.74, 6) is -0.00248. The zero-order valence-corrected chi connectivity index (χ0v) is 10.8. The molecular formula is C11H15BrN2O. The Balaban J connectivity index is 2.55. The van der Waals surface area contributed by atoms with Gasteiger partial charge in [-0.1, -0.05) is 0 Å². The van der Waals surface area contributed by atoms with Crippen molar-refractivity contribution in [3.8, 4) is 0 Å². The van der Waals surface area contributed by atoms with Crippen molar-refractivity contribution in [3.63, 3.8) is 0 Å². The van der Waals surface area contributed by atoms with Gasteiger partial charge in [0.25, 0.3) is 0 Å². The lowest BCUT2D eigenvalue weighted by molar-refractivity contribution is -0.121. The third-order valence-corrected chi connectivity index (χ3v) is 2.11. The minimum atomic E-state index is -0.188. The van der Waals surface area contributed by atoms with Crippen molar-refractivity contribution in [2.75, 3.05) is 0 Å². The number of amides is 1. The molecule has 0 radical (unpaired) electrons. The van der Waals surface area contributed by atoms with Crippen molar-refractivity contribution in [1.29, 1.82) is 0 Å². The normalized spacial score (nSPS) is 11.2. The highest BCUT2D eigenvalue weighted by Crippen LogP contribution is 2.08. The zero-order valence-electron chi connectivity index (χ0n) is 9.17. The van der Waals surface area contributed by atoms with Crippen LogP contribution in [0, 0.1) is 0 Å². The van der Waals surface area contributed by atoms with E-state index in [1.165, 1.54) is 0 Å². The molecule has 0 aromatic carbocycles. The first-order valence-corrected chi connectivity index (χ1v) is 5.57. The van der Waals surface area contributed by atoms with Gasteiger partial charge in [-0.15, -0.1) is 0 Å². The Morgan fingerprint density at radius 3 is 2.60 bits per heavy atom. The molecule has 0 aliphatic carbocycles. The fraction of sp³-hybridized carbons (Fsp3) is 0.455. The molecule has 0 aliphatic rings. The van der Waals surface area contributed by atoms with Crippen LogP contribution in [0.3, 0.4) is 0 Å². The topological polar surface area (TPSA) is 42.0 Å². The van der Waals surface area contributed by atoms with Gasteiger partial charge in [0.2, 0.25) is 5.91 Å². The Labute approximate surface area is 98.4 Å². The molecule has 0 saturated carbocycles. The molecule has 3 nitrogen and oxygen atoms in total. The lowest BCUT2D eigenvalue weighted by Crippen LogP contribution is -2.41. The lowest BCUT2D eigenvalue weighted by atomic mass is 10.1. The molecule has 0 spiro atoms. The summed E-state index contributed by atoms with van der Waals surface area (Å²) >= 11 is 3.30. The predicted molar refractivity (Wildman–Crippen MR) is 63.5 cm³/mol. The van der Waals surface area contributed by atoms with Crippen molar-refractivity contribution < 1.29 is 4.79 Å². The summed E-state index contributed by atoms with van der Waals surface area (Å²) in [5, 5.41) is 2.89. The van der Waals surface area contributed by atoms with Gasteiger partial charge in [0.15, 0.2) is 0 Å². The molecule has 1 heterocycles. The molecule has 4 heteroatoms. The average molecular weight is 271 g/mol. The van der Waals surface area contributed by atoms with Gasteiger partial charge in [0.05, 0.1) is 6.42 Å². The van der Waals surface area contributed by atoms with Crippen molar-refractivity contribution in [2.24, 2.45) is 0 Å². The minimum absolute atomic E-state index is 0.00248. The van der Waals surface area contributed by atoms with Gasteiger partial charge >= 0.3 is 0 Å². The second kappa shape index (κ2) is 4.75. The van der Waals surface area contributed by atoms with Crippen molar-refractivity contribution in [1.82, 2.24) is 10.3 Å². The van der Waals surface area contributed by atoms with E-state index in [-0.39, 0.29) is 11.4 Å². The van der Waals surface area contributed by atoms with E-state index in [0.29, 0.717) is 6.42 Å². The van der Waals surface area contributed by atoms with Crippen LogP contribution < -0.4 is 5.32 Å². The Kier molecular flexibility index (Phi) is 3.85. The summed E-state index contributed by atoms with van der Waals surface area (Å²) in [6.07, 6.45) is 2.02. The van der Waals surface area contributed by atoms with E-state index in [2.05, 4.69) is 26.2 Å². The van der Waals surface area contributed by atoms with E-state index in [0.717, 1.165) is 10.2 Å². The van der Waals surface area contributed by atoms with Crippen LogP contribution in [0.25, 0.3) is 0 Å². The number of hydrogen-bond donors (Lipinski definition) is 1. The van der Waals surface area contributed by atoms with Crippen LogP contribution in [0.2, 0.25) is 0 Å². The number of hydrogen-bond acceptors (Lipinski definition) is 2. The number of nitrogens with one attached hydrogen (secondary N) is 1. The van der Waals surface area contributed by atoms with Crippen LogP contribution in [0.4, 0.5) is 0 Å². The molecule has 15 heavy (non-hydrogen) atoms. The largest absolute Gasteiger partial charge is 0.351 e. The van der Waals surface area contributed by atoms with Crippen LogP contribution in [0.5, 0.6) is 0 Å². The molecule has 0 bridgehead atoms. The Morgan fingerprint density at radius 1 is 1.47 bits per heavy atom. The summed E-state index contributed by atoms with van der Waals surface area (Å²) in [4.78, 5) is 15.7. The smallest absolute Gasteiger partial charge is 0.226 e. The van der Waals surface area contributed by atoms with Crippen LogP contribution in [0.1, 0.15) is 26.5 Å². The molecule has 0 fully saturated rings. The summed E-state index contributed by atoms with van der Waals surface area (Å²) in [6.45, 7) is 5.87. The van der Waals surface area contributed by atoms with Crippen LogP contribution in [-0.4, -0.2) is 16.4 Å². The van der Waals surface area contributed by atoms with E-state index in [4.69, 9.17) is 0 Å². The first-order chi connectivity index (χ1) is 6.87. The van der Waals surface area contributed by atoms with E-state index in [1.54, 1.807) is 6.20 Å². The molecule has 1 N–H and O–H groups in total. The number of aromatic nitrogens is 1. The SMILES string of the molecule is CC(C)(C)NC(=O)Cc1ccc(Br)cn1. The number of rotatable bonds is 2. The maximum atomic E-state index is 11.6. The Bertz CT molecular complexity index is 341. The quantitative estimate of drug-likeness (QED) is 0.896. The van der Waals surface area contributed by atoms with Crippen LogP contribution in [0.15, 0.2) is 22.8 Å². The first-order valence-electron chi connectivity index (χ1n) is 4.78. The summed E-state index contributed by atoms with van der Waals surface area (Å²) < 4.78 is 0.919. The Hall–Kier alpha value is -0.900. The molecule has 0 aliphatic heterocycles. The van der Waals surface area contributed by atoms with E-state index >= 15 is 0 Å². The third kappa shape index (κ3) is 4.93. The van der Waals surface area contributed by atoms with Gasteiger partial charge in [-0.25, -0.2) is 0 Å². The molecule has 0 saturated heterocycles. The average Bonchev–Trinajstić information content (AvgIpc) is 2.05. The highest BCUT2D eigenvalue weighted by molar-refractivity contribution is 9.10. The summed E-state index contributed by atoms with van der Waals surface area (Å²) in [7, 11) is 0. The summed E-state index contributed by atoms with van der Waals surface area (Å²) in [5.41, 5.74) is 0.590. The highest BCUT2D eigenvalue weighted by atomic mass is 79.9. The second-order valence-electron chi connectivity index (χ2n) is 4.44. The number of halogens is 1. The van der Waals surface area contributed by atoms with Gasteiger partial charge in [-0.2, -0.15) is 0 Å². The fourth-order valence-electron chi connectivity index (χ4n) is 1.14. The monoisotopic (exact) mass is 270 g/mol. The van der Waals surface area contributed by atoms with Gasteiger partial charge in [-0.05, 0) is 48.8 Å². The molecule has 1 rings (SSSR count). The molecule has 0 unspecified atom stereocenters. The second-order valence-corrected chi connectivity index (χ2v) is 5.36. The van der Waals surface area contributed by atoms with Crippen molar-refractivity contribution in [2.45, 2.75) is 32.7 Å². The molecule has 1 aromatic heterocycles. The van der Waals surface area contributed by atoms with E-state index in [9.17, 15) is 4.79 Å². The number of nitrogens with zero attached hydrogens (tertiary/aromatic N) is 1. The maximum absolute atomic E-state index is 11.6. The van der Waals surface area contributed by atoms with Crippen molar-refractivity contribution in [3.05, 3.63) is 28.5 Å². The van der Waals surface area contributed by atoms with Gasteiger partial charge < -0.3 is 5.32 Å². The minimum Gasteiger partial charge on any atom is -0.351 e. The molecular weight excluding hydrogens is 256 g/mol. The van der Waals surface area contributed by atoms with Gasteiger partial charge in [0.1, 0.15) is 0 Å². The number of carbonyl (C=O) groups excluding carboxylic acids is 1. The molecule has 82 valence electrons. The van der Waals surface area contributed by atoms with Crippen molar-refractivity contribution >= 4 is 21.8 Å². The van der Waals surface area contributed by atoms with Crippen LogP contribution >= 0.6 is 15.9 Å². The third-order valence-electron chi connectivity index (χ3n) is 1.64. The number of carbonyl (C=O) groups is 1. The first kappa shape index (κ1) is 12.2. The van der Waals surface area contributed by atoms with E-state index < -0.39 is 0 Å². The lowest BCUT2D eigenvalue weighted by Gasteiger charge is -2.20. The van der Waals surface area contributed by atoms with Crippen LogP contribution in [-0.2, 0) is 11.2 Å². The maximum Gasteiger partial charge on any atom is 0.226 e. The highest BCUT2D eigenvalue weighted by Gasteiger charge is 2.14. The van der Waals surface area contributed by atoms with Gasteiger partial charge in [-0.3, -0.25) is 9.78 Å². The zero-order chi connectivity index (χ0) is 11.5. The Morgan fingerprint density at radius 2 is 2.13 bits per heavy atom. The predicted octanol–water partition coefficient (Wildman–Crippen LogP) is 2.30. The molecule has 0 atom stereocenters. The fourth-order valence-corrected chi connectivity index (χ4v) is 1.37. The molecule has 1 amide bonds. The molecule has 1 aromatic rings. The van der Waals surface area contributed by atoms with E-state index in [1.807, 2.05) is 32.9 Å². The van der Waals surface area contributed by atoms with Gasteiger partial charge in [0, 0.05) is 21.9 Å². The summed E-state index contributed by atoms with van der Waals surface area (Å²) in [6, 6.07) is 3.72. The standard InChI is InChI=1S/C11H15BrN2O/c1-11(2,3)14-10(15)6-9-5-4-8(12)7-13-9/h4-5,7H,6H2,1-3H3,(H,14,15).